The van der Waals surface area contributed by atoms with Crippen molar-refractivity contribution in [2.24, 2.45) is 0 Å². The van der Waals surface area contributed by atoms with E-state index in [1.807, 2.05) is 62.4 Å². The first kappa shape index (κ1) is 20.7. The maximum absolute atomic E-state index is 12.5. The van der Waals surface area contributed by atoms with Crippen molar-refractivity contribution in [2.75, 3.05) is 25.3 Å². The Balaban J connectivity index is 1.59. The van der Waals surface area contributed by atoms with Crippen LogP contribution in [0.25, 0.3) is 11.4 Å². The predicted octanol–water partition coefficient (Wildman–Crippen LogP) is 3.12. The van der Waals surface area contributed by atoms with Gasteiger partial charge in [-0.15, -0.1) is 10.2 Å². The SMILES string of the molecule is CCOc1ccc(-c2nnc(SCC(=O)N(C)Cc3ccc(C)cc3)n2N)cc1. The Morgan fingerprint density at radius 1 is 1.14 bits per heavy atom. The molecule has 3 aromatic rings. The molecule has 152 valence electrons. The number of nitrogen functional groups attached to an aromatic ring is 1. The summed E-state index contributed by atoms with van der Waals surface area (Å²) >= 11 is 1.27. The molecule has 0 aliphatic rings. The van der Waals surface area contributed by atoms with Crippen molar-refractivity contribution in [1.82, 2.24) is 19.8 Å². The number of hydrogen-bond acceptors (Lipinski definition) is 6. The zero-order valence-corrected chi connectivity index (χ0v) is 17.6. The highest BCUT2D eigenvalue weighted by molar-refractivity contribution is 7.99. The fourth-order valence-electron chi connectivity index (χ4n) is 2.73. The lowest BCUT2D eigenvalue weighted by atomic mass is 10.1. The molecule has 1 heterocycles. The summed E-state index contributed by atoms with van der Waals surface area (Å²) in [6.07, 6.45) is 0. The highest BCUT2D eigenvalue weighted by atomic mass is 32.2. The van der Waals surface area contributed by atoms with Crippen molar-refractivity contribution in [3.05, 3.63) is 59.7 Å². The quantitative estimate of drug-likeness (QED) is 0.453. The average Bonchev–Trinajstić information content (AvgIpc) is 3.09. The van der Waals surface area contributed by atoms with E-state index in [2.05, 4.69) is 10.2 Å². The number of carbonyl (C=O) groups excluding carboxylic acids is 1. The zero-order valence-electron chi connectivity index (χ0n) is 16.8. The summed E-state index contributed by atoms with van der Waals surface area (Å²) < 4.78 is 6.86. The van der Waals surface area contributed by atoms with Gasteiger partial charge in [-0.25, -0.2) is 4.68 Å². The zero-order chi connectivity index (χ0) is 20.8. The summed E-state index contributed by atoms with van der Waals surface area (Å²) in [6.45, 7) is 5.15. The Bertz CT molecular complexity index is 954. The van der Waals surface area contributed by atoms with Crippen LogP contribution in [-0.2, 0) is 11.3 Å². The molecule has 3 rings (SSSR count). The molecule has 0 spiro atoms. The minimum Gasteiger partial charge on any atom is -0.494 e. The topological polar surface area (TPSA) is 86.3 Å². The van der Waals surface area contributed by atoms with E-state index in [0.29, 0.717) is 24.1 Å². The average molecular weight is 412 g/mol. The molecule has 8 heteroatoms. The van der Waals surface area contributed by atoms with Crippen molar-refractivity contribution in [1.29, 1.82) is 0 Å². The van der Waals surface area contributed by atoms with Gasteiger partial charge in [-0.05, 0) is 43.7 Å². The molecule has 7 nitrogen and oxygen atoms in total. The van der Waals surface area contributed by atoms with Crippen LogP contribution >= 0.6 is 11.8 Å². The van der Waals surface area contributed by atoms with Crippen LogP contribution in [0.5, 0.6) is 5.75 Å². The number of nitrogens with two attached hydrogens (primary N) is 1. The van der Waals surface area contributed by atoms with Crippen LogP contribution in [0.2, 0.25) is 0 Å². The maximum atomic E-state index is 12.5. The molecular formula is C21H25N5O2S. The monoisotopic (exact) mass is 411 g/mol. The smallest absolute Gasteiger partial charge is 0.233 e. The Hall–Kier alpha value is -3.00. The van der Waals surface area contributed by atoms with E-state index >= 15 is 0 Å². The largest absolute Gasteiger partial charge is 0.494 e. The molecule has 0 saturated heterocycles. The molecule has 1 amide bonds. The minimum absolute atomic E-state index is 0.00110. The van der Waals surface area contributed by atoms with Gasteiger partial charge in [-0.2, -0.15) is 0 Å². The lowest BCUT2D eigenvalue weighted by Crippen LogP contribution is -2.28. The first-order valence-electron chi connectivity index (χ1n) is 9.34. The standard InChI is InChI=1S/C21H25N5O2S/c1-4-28-18-11-9-17(10-12-18)20-23-24-21(26(20)22)29-14-19(27)25(3)13-16-7-5-15(2)6-8-16/h5-12H,4,13-14,22H2,1-3H3. The molecule has 2 aromatic carbocycles. The van der Waals surface area contributed by atoms with Crippen LogP contribution in [0.4, 0.5) is 0 Å². The summed E-state index contributed by atoms with van der Waals surface area (Å²) in [7, 11) is 1.79. The number of aromatic nitrogens is 3. The van der Waals surface area contributed by atoms with E-state index < -0.39 is 0 Å². The Labute approximate surface area is 174 Å². The highest BCUT2D eigenvalue weighted by Crippen LogP contribution is 2.24. The summed E-state index contributed by atoms with van der Waals surface area (Å²) in [4.78, 5) is 14.2. The molecule has 0 aliphatic carbocycles. The van der Waals surface area contributed by atoms with Gasteiger partial charge in [0.2, 0.25) is 11.1 Å². The van der Waals surface area contributed by atoms with Gasteiger partial charge >= 0.3 is 0 Å². The van der Waals surface area contributed by atoms with Crippen LogP contribution < -0.4 is 10.6 Å². The summed E-state index contributed by atoms with van der Waals surface area (Å²) in [5.41, 5.74) is 3.12. The predicted molar refractivity (Wildman–Crippen MR) is 115 cm³/mol. The number of nitrogens with zero attached hydrogens (tertiary/aromatic N) is 4. The first-order valence-corrected chi connectivity index (χ1v) is 10.3. The van der Waals surface area contributed by atoms with E-state index in [1.54, 1.807) is 11.9 Å². The van der Waals surface area contributed by atoms with Crippen LogP contribution in [0.3, 0.4) is 0 Å². The maximum Gasteiger partial charge on any atom is 0.233 e. The second-order valence-electron chi connectivity index (χ2n) is 6.66. The Kier molecular flexibility index (Phi) is 6.77. The van der Waals surface area contributed by atoms with Crippen molar-refractivity contribution in [3.63, 3.8) is 0 Å². The number of amides is 1. The number of carbonyl (C=O) groups is 1. The van der Waals surface area contributed by atoms with Crippen LogP contribution in [0, 0.1) is 6.92 Å². The summed E-state index contributed by atoms with van der Waals surface area (Å²) in [5, 5.41) is 8.78. The van der Waals surface area contributed by atoms with Crippen molar-refractivity contribution in [2.45, 2.75) is 25.5 Å². The number of benzene rings is 2. The molecule has 0 radical (unpaired) electrons. The third-order valence-corrected chi connectivity index (χ3v) is 5.31. The number of aryl methyl sites for hydroxylation is 1. The van der Waals surface area contributed by atoms with Gasteiger partial charge in [-0.3, -0.25) is 4.79 Å². The summed E-state index contributed by atoms with van der Waals surface area (Å²) in [6, 6.07) is 15.6. The Morgan fingerprint density at radius 3 is 2.48 bits per heavy atom. The van der Waals surface area contributed by atoms with E-state index in [-0.39, 0.29) is 11.7 Å². The molecule has 0 atom stereocenters. The third-order valence-electron chi connectivity index (χ3n) is 4.38. The number of rotatable bonds is 8. The fraction of sp³-hybridized carbons (Fsp3) is 0.286. The van der Waals surface area contributed by atoms with Gasteiger partial charge in [0.25, 0.3) is 0 Å². The molecule has 0 unspecified atom stereocenters. The van der Waals surface area contributed by atoms with E-state index in [0.717, 1.165) is 16.9 Å². The molecule has 0 aliphatic heterocycles. The van der Waals surface area contributed by atoms with Gasteiger partial charge in [0.05, 0.1) is 12.4 Å². The Morgan fingerprint density at radius 2 is 1.83 bits per heavy atom. The number of ether oxygens (including phenoxy) is 1. The van der Waals surface area contributed by atoms with Crippen LogP contribution in [-0.4, -0.2) is 45.1 Å². The molecule has 29 heavy (non-hydrogen) atoms. The van der Waals surface area contributed by atoms with E-state index in [4.69, 9.17) is 10.6 Å². The van der Waals surface area contributed by atoms with Crippen LogP contribution in [0.15, 0.2) is 53.7 Å². The minimum atomic E-state index is 0.00110. The normalized spacial score (nSPS) is 10.7. The van der Waals surface area contributed by atoms with Gasteiger partial charge in [0.1, 0.15) is 5.75 Å². The number of hydrogen-bond donors (Lipinski definition) is 1. The lowest BCUT2D eigenvalue weighted by molar-refractivity contribution is -0.127. The highest BCUT2D eigenvalue weighted by Gasteiger charge is 2.16. The van der Waals surface area contributed by atoms with Crippen molar-refractivity contribution in [3.8, 4) is 17.1 Å². The molecule has 0 fully saturated rings. The molecule has 0 saturated carbocycles. The van der Waals surface area contributed by atoms with Gasteiger partial charge < -0.3 is 15.5 Å². The molecule has 2 N–H and O–H groups in total. The lowest BCUT2D eigenvalue weighted by Gasteiger charge is -2.17. The van der Waals surface area contributed by atoms with E-state index in [1.165, 1.54) is 22.0 Å². The molecular weight excluding hydrogens is 386 g/mol. The fourth-order valence-corrected chi connectivity index (χ4v) is 3.53. The second kappa shape index (κ2) is 9.47. The van der Waals surface area contributed by atoms with Crippen LogP contribution in [0.1, 0.15) is 18.1 Å². The first-order chi connectivity index (χ1) is 14.0. The van der Waals surface area contributed by atoms with E-state index in [9.17, 15) is 4.79 Å². The second-order valence-corrected chi connectivity index (χ2v) is 7.60. The van der Waals surface area contributed by atoms with Gasteiger partial charge in [-0.1, -0.05) is 41.6 Å². The van der Waals surface area contributed by atoms with Crippen molar-refractivity contribution >= 4 is 17.7 Å². The number of thioether (sulfide) groups is 1. The third kappa shape index (κ3) is 5.29. The van der Waals surface area contributed by atoms with Crippen molar-refractivity contribution < 1.29 is 9.53 Å². The summed E-state index contributed by atoms with van der Waals surface area (Å²) in [5.74, 6) is 7.71. The van der Waals surface area contributed by atoms with Gasteiger partial charge in [0, 0.05) is 19.2 Å². The van der Waals surface area contributed by atoms with Gasteiger partial charge in [0.15, 0.2) is 5.82 Å². The molecule has 0 bridgehead atoms. The molecule has 1 aromatic heterocycles.